The summed E-state index contributed by atoms with van der Waals surface area (Å²) in [6.07, 6.45) is 0. The Morgan fingerprint density at radius 1 is 0.938 bits per heavy atom. The first-order chi connectivity index (χ1) is 7.15. The molecule has 0 fully saturated rings. The molecular formula is C8H3BrF6O. The minimum atomic E-state index is -4.14. The Balaban J connectivity index is 3.40. The lowest BCUT2D eigenvalue weighted by atomic mass is 10.2. The summed E-state index contributed by atoms with van der Waals surface area (Å²) in [6, 6.07) is 0. The smallest absolute Gasteiger partial charge is 0.417 e. The maximum absolute atomic E-state index is 13.0. The van der Waals surface area contributed by atoms with E-state index in [1.54, 1.807) is 15.9 Å². The minimum Gasteiger partial charge on any atom is -0.417 e. The Hall–Kier alpha value is -0.920. The maximum Gasteiger partial charge on any atom is 0.459 e. The summed E-state index contributed by atoms with van der Waals surface area (Å²) < 4.78 is 79.6. The van der Waals surface area contributed by atoms with Gasteiger partial charge < -0.3 is 4.74 Å². The molecule has 0 aliphatic carbocycles. The summed E-state index contributed by atoms with van der Waals surface area (Å²) in [5, 5.41) is -4.14. The van der Waals surface area contributed by atoms with Gasteiger partial charge in [0.2, 0.25) is 17.4 Å². The quantitative estimate of drug-likeness (QED) is 0.458. The van der Waals surface area contributed by atoms with Gasteiger partial charge in [-0.2, -0.15) is 17.6 Å². The molecule has 0 radical (unpaired) electrons. The van der Waals surface area contributed by atoms with Crippen LogP contribution in [0, 0.1) is 30.2 Å². The van der Waals surface area contributed by atoms with Crippen LogP contribution in [0.4, 0.5) is 26.3 Å². The van der Waals surface area contributed by atoms with Gasteiger partial charge in [0, 0.05) is 21.5 Å². The SMILES string of the molecule is Cc1c(F)c(F)c(OC(F)(F)Br)c(F)c1F. The van der Waals surface area contributed by atoms with Crippen molar-refractivity contribution in [1.82, 2.24) is 0 Å². The largest absolute Gasteiger partial charge is 0.459 e. The van der Waals surface area contributed by atoms with E-state index in [-0.39, 0.29) is 0 Å². The molecule has 0 atom stereocenters. The minimum absolute atomic E-state index is 0.757. The van der Waals surface area contributed by atoms with Crippen molar-refractivity contribution in [3.05, 3.63) is 28.8 Å². The Morgan fingerprint density at radius 3 is 1.62 bits per heavy atom. The van der Waals surface area contributed by atoms with Crippen LogP contribution in [0.5, 0.6) is 5.75 Å². The van der Waals surface area contributed by atoms with Crippen molar-refractivity contribution in [2.24, 2.45) is 0 Å². The van der Waals surface area contributed by atoms with E-state index in [0.717, 1.165) is 6.92 Å². The molecular weight excluding hydrogens is 306 g/mol. The van der Waals surface area contributed by atoms with Gasteiger partial charge in [0.15, 0.2) is 11.6 Å². The zero-order chi connectivity index (χ0) is 12.7. The molecule has 0 amide bonds. The van der Waals surface area contributed by atoms with Crippen LogP contribution in [0.15, 0.2) is 0 Å². The molecule has 0 aromatic heterocycles. The molecule has 0 spiro atoms. The second-order valence-electron chi connectivity index (χ2n) is 2.76. The summed E-state index contributed by atoms with van der Waals surface area (Å²) in [7, 11) is 0. The van der Waals surface area contributed by atoms with Gasteiger partial charge in [0.05, 0.1) is 0 Å². The summed E-state index contributed by atoms with van der Waals surface area (Å²) in [5.41, 5.74) is -0.958. The molecule has 0 N–H and O–H groups in total. The van der Waals surface area contributed by atoms with Gasteiger partial charge in [0.1, 0.15) is 0 Å². The standard InChI is InChI=1S/C8H3BrF6O/c1-2-3(10)5(12)7(6(13)4(2)11)16-8(9,14)15/h1H3. The van der Waals surface area contributed by atoms with Crippen LogP contribution in [-0.4, -0.2) is 5.02 Å². The lowest BCUT2D eigenvalue weighted by molar-refractivity contribution is -0.0852. The summed E-state index contributed by atoms with van der Waals surface area (Å²) >= 11 is 1.62. The molecule has 90 valence electrons. The number of benzene rings is 1. The third-order valence-corrected chi connectivity index (χ3v) is 1.82. The van der Waals surface area contributed by atoms with Crippen LogP contribution < -0.4 is 4.74 Å². The van der Waals surface area contributed by atoms with E-state index in [1.807, 2.05) is 0 Å². The lowest BCUT2D eigenvalue weighted by Crippen LogP contribution is -2.18. The van der Waals surface area contributed by atoms with E-state index >= 15 is 0 Å². The van der Waals surface area contributed by atoms with Crippen LogP contribution >= 0.6 is 15.9 Å². The number of ether oxygens (including phenoxy) is 1. The van der Waals surface area contributed by atoms with Crippen molar-refractivity contribution in [3.8, 4) is 5.75 Å². The van der Waals surface area contributed by atoms with Crippen LogP contribution in [0.1, 0.15) is 5.56 Å². The van der Waals surface area contributed by atoms with Crippen molar-refractivity contribution < 1.29 is 31.1 Å². The zero-order valence-corrected chi connectivity index (χ0v) is 9.14. The molecule has 0 heterocycles. The monoisotopic (exact) mass is 308 g/mol. The number of rotatable bonds is 2. The van der Waals surface area contributed by atoms with Crippen LogP contribution in [0.25, 0.3) is 0 Å². The Labute approximate surface area is 94.1 Å². The fraction of sp³-hybridized carbons (Fsp3) is 0.250. The fourth-order valence-electron chi connectivity index (χ4n) is 0.927. The predicted molar refractivity (Wildman–Crippen MR) is 45.5 cm³/mol. The second kappa shape index (κ2) is 4.15. The Bertz CT molecular complexity index is 399. The van der Waals surface area contributed by atoms with Gasteiger partial charge in [0.25, 0.3) is 0 Å². The Morgan fingerprint density at radius 2 is 1.31 bits per heavy atom. The third kappa shape index (κ3) is 2.42. The van der Waals surface area contributed by atoms with Gasteiger partial charge in [-0.1, -0.05) is 0 Å². The van der Waals surface area contributed by atoms with Crippen LogP contribution in [0.2, 0.25) is 0 Å². The highest BCUT2D eigenvalue weighted by Crippen LogP contribution is 2.34. The Kier molecular flexibility index (Phi) is 3.41. The molecule has 1 rings (SSSR count). The third-order valence-electron chi connectivity index (χ3n) is 1.66. The van der Waals surface area contributed by atoms with Crippen LogP contribution in [-0.2, 0) is 0 Å². The van der Waals surface area contributed by atoms with Gasteiger partial charge >= 0.3 is 5.02 Å². The van der Waals surface area contributed by atoms with Crippen molar-refractivity contribution in [1.29, 1.82) is 0 Å². The van der Waals surface area contributed by atoms with E-state index in [0.29, 0.717) is 0 Å². The van der Waals surface area contributed by atoms with E-state index in [4.69, 9.17) is 0 Å². The van der Waals surface area contributed by atoms with Gasteiger partial charge in [-0.3, -0.25) is 0 Å². The van der Waals surface area contributed by atoms with Gasteiger partial charge in [-0.25, -0.2) is 8.78 Å². The van der Waals surface area contributed by atoms with E-state index < -0.39 is 39.6 Å². The van der Waals surface area contributed by atoms with Crippen LogP contribution in [0.3, 0.4) is 0 Å². The van der Waals surface area contributed by atoms with Crippen molar-refractivity contribution in [3.63, 3.8) is 0 Å². The summed E-state index contributed by atoms with van der Waals surface area (Å²) in [4.78, 5) is 0. The molecule has 1 aromatic rings. The molecule has 16 heavy (non-hydrogen) atoms. The van der Waals surface area contributed by atoms with Gasteiger partial charge in [-0.05, 0) is 6.92 Å². The fourth-order valence-corrected chi connectivity index (χ4v) is 1.09. The normalized spacial score (nSPS) is 11.8. The number of halogens is 7. The molecule has 0 unspecified atom stereocenters. The number of hydrogen-bond donors (Lipinski definition) is 0. The first kappa shape index (κ1) is 13.1. The highest BCUT2D eigenvalue weighted by atomic mass is 79.9. The van der Waals surface area contributed by atoms with E-state index in [1.165, 1.54) is 0 Å². The molecule has 8 heteroatoms. The summed E-state index contributed by atoms with van der Waals surface area (Å²) in [5.74, 6) is -9.43. The molecule has 0 aliphatic rings. The lowest BCUT2D eigenvalue weighted by Gasteiger charge is -2.14. The molecule has 0 aliphatic heterocycles. The highest BCUT2D eigenvalue weighted by Gasteiger charge is 2.33. The topological polar surface area (TPSA) is 9.23 Å². The van der Waals surface area contributed by atoms with Gasteiger partial charge in [-0.15, -0.1) is 0 Å². The molecule has 1 nitrogen and oxygen atoms in total. The average molecular weight is 309 g/mol. The number of alkyl halides is 3. The maximum atomic E-state index is 13.0. The summed E-state index contributed by atoms with van der Waals surface area (Å²) in [6.45, 7) is 0.757. The first-order valence-electron chi connectivity index (χ1n) is 3.73. The number of hydrogen-bond acceptors (Lipinski definition) is 1. The van der Waals surface area contributed by atoms with E-state index in [9.17, 15) is 26.3 Å². The first-order valence-corrected chi connectivity index (χ1v) is 4.52. The van der Waals surface area contributed by atoms with E-state index in [2.05, 4.69) is 4.74 Å². The zero-order valence-electron chi connectivity index (χ0n) is 7.55. The average Bonchev–Trinajstić information content (AvgIpc) is 2.17. The molecule has 1 aromatic carbocycles. The van der Waals surface area contributed by atoms with Crippen molar-refractivity contribution in [2.45, 2.75) is 11.9 Å². The second-order valence-corrected chi connectivity index (χ2v) is 3.68. The molecule has 0 saturated heterocycles. The molecule has 0 saturated carbocycles. The highest BCUT2D eigenvalue weighted by molar-refractivity contribution is 9.09. The predicted octanol–water partition coefficient (Wildman–Crippen LogP) is 3.88. The molecule has 0 bridgehead atoms. The van der Waals surface area contributed by atoms with Crippen molar-refractivity contribution >= 4 is 15.9 Å². The van der Waals surface area contributed by atoms with Crippen molar-refractivity contribution in [2.75, 3.05) is 0 Å².